The van der Waals surface area contributed by atoms with Crippen LogP contribution in [0.3, 0.4) is 0 Å². The summed E-state index contributed by atoms with van der Waals surface area (Å²) in [5.74, 6) is 0.759. The Hall–Kier alpha value is -2.53. The summed E-state index contributed by atoms with van der Waals surface area (Å²) in [7, 11) is 0. The Balaban J connectivity index is 1.52. The van der Waals surface area contributed by atoms with Crippen LogP contribution in [-0.4, -0.2) is 29.0 Å². The SMILES string of the molecule is O=C(NCc1cccnc1N1CCCCC1)c1[nH]c2ccccc2c1Cl. The van der Waals surface area contributed by atoms with Crippen molar-refractivity contribution in [3.05, 3.63) is 58.9 Å². The van der Waals surface area contributed by atoms with Gasteiger partial charge in [0.2, 0.25) is 0 Å². The Labute approximate surface area is 157 Å². The number of H-pyrrole nitrogens is 1. The van der Waals surface area contributed by atoms with Crippen molar-refractivity contribution in [1.29, 1.82) is 0 Å². The van der Waals surface area contributed by atoms with E-state index in [1.54, 1.807) is 0 Å². The molecule has 0 bridgehead atoms. The number of nitrogens with one attached hydrogen (secondary N) is 2. The van der Waals surface area contributed by atoms with Gasteiger partial charge in [-0.05, 0) is 31.4 Å². The van der Waals surface area contributed by atoms with Crippen molar-refractivity contribution in [3.8, 4) is 0 Å². The summed E-state index contributed by atoms with van der Waals surface area (Å²) in [4.78, 5) is 22.6. The number of amides is 1. The monoisotopic (exact) mass is 368 g/mol. The van der Waals surface area contributed by atoms with Crippen LogP contribution in [0.25, 0.3) is 10.9 Å². The molecule has 1 amide bonds. The summed E-state index contributed by atoms with van der Waals surface area (Å²) >= 11 is 6.37. The molecule has 2 aromatic heterocycles. The van der Waals surface area contributed by atoms with Crippen LogP contribution in [0.15, 0.2) is 42.6 Å². The fraction of sp³-hybridized carbons (Fsp3) is 0.300. The first-order valence-corrected chi connectivity index (χ1v) is 9.35. The third-order valence-corrected chi connectivity index (χ3v) is 5.22. The van der Waals surface area contributed by atoms with E-state index < -0.39 is 0 Å². The van der Waals surface area contributed by atoms with Gasteiger partial charge in [-0.3, -0.25) is 4.79 Å². The number of hydrogen-bond acceptors (Lipinski definition) is 3. The van der Waals surface area contributed by atoms with Crippen LogP contribution in [0.2, 0.25) is 5.02 Å². The highest BCUT2D eigenvalue weighted by atomic mass is 35.5. The summed E-state index contributed by atoms with van der Waals surface area (Å²) in [5.41, 5.74) is 2.28. The zero-order valence-corrected chi connectivity index (χ0v) is 15.2. The number of pyridine rings is 1. The smallest absolute Gasteiger partial charge is 0.269 e. The molecular weight excluding hydrogens is 348 g/mol. The topological polar surface area (TPSA) is 61.0 Å². The third-order valence-electron chi connectivity index (χ3n) is 4.83. The van der Waals surface area contributed by atoms with Crippen molar-refractivity contribution in [2.75, 3.05) is 18.0 Å². The lowest BCUT2D eigenvalue weighted by Gasteiger charge is -2.29. The lowest BCUT2D eigenvalue weighted by atomic mass is 10.1. The van der Waals surface area contributed by atoms with E-state index in [1.165, 1.54) is 19.3 Å². The normalized spacial score (nSPS) is 14.6. The van der Waals surface area contributed by atoms with Crippen molar-refractivity contribution in [3.63, 3.8) is 0 Å². The summed E-state index contributed by atoms with van der Waals surface area (Å²) in [6.45, 7) is 2.46. The number of nitrogens with zero attached hydrogens (tertiary/aromatic N) is 2. The van der Waals surface area contributed by atoms with E-state index in [9.17, 15) is 4.79 Å². The van der Waals surface area contributed by atoms with Crippen LogP contribution in [-0.2, 0) is 6.54 Å². The van der Waals surface area contributed by atoms with Gasteiger partial charge in [-0.2, -0.15) is 0 Å². The molecule has 4 rings (SSSR count). The van der Waals surface area contributed by atoms with Gasteiger partial charge in [0.05, 0.1) is 5.02 Å². The fourth-order valence-electron chi connectivity index (χ4n) is 3.49. The number of hydrogen-bond donors (Lipinski definition) is 2. The van der Waals surface area contributed by atoms with Crippen LogP contribution >= 0.6 is 11.6 Å². The molecule has 26 heavy (non-hydrogen) atoms. The molecule has 1 saturated heterocycles. The molecule has 1 aliphatic rings. The van der Waals surface area contributed by atoms with Gasteiger partial charge in [-0.1, -0.05) is 35.9 Å². The molecule has 1 fully saturated rings. The maximum absolute atomic E-state index is 12.6. The van der Waals surface area contributed by atoms with Gasteiger partial charge in [0.25, 0.3) is 5.91 Å². The first kappa shape index (κ1) is 16.9. The van der Waals surface area contributed by atoms with E-state index in [0.29, 0.717) is 17.3 Å². The average Bonchev–Trinajstić information content (AvgIpc) is 3.04. The van der Waals surface area contributed by atoms with E-state index in [0.717, 1.165) is 35.4 Å². The number of aromatic amines is 1. The van der Waals surface area contributed by atoms with Gasteiger partial charge < -0.3 is 15.2 Å². The Bertz CT molecular complexity index is 930. The number of carbonyl (C=O) groups is 1. The van der Waals surface area contributed by atoms with Crippen LogP contribution in [0.4, 0.5) is 5.82 Å². The molecule has 0 unspecified atom stereocenters. The zero-order valence-electron chi connectivity index (χ0n) is 14.5. The van der Waals surface area contributed by atoms with E-state index in [-0.39, 0.29) is 5.91 Å². The van der Waals surface area contributed by atoms with Gasteiger partial charge in [-0.25, -0.2) is 4.98 Å². The lowest BCUT2D eigenvalue weighted by molar-refractivity contribution is 0.0947. The molecule has 5 nitrogen and oxygen atoms in total. The van der Waals surface area contributed by atoms with Crippen molar-refractivity contribution in [1.82, 2.24) is 15.3 Å². The van der Waals surface area contributed by atoms with Crippen LogP contribution in [0, 0.1) is 0 Å². The minimum Gasteiger partial charge on any atom is -0.356 e. The molecule has 134 valence electrons. The number of halogens is 1. The largest absolute Gasteiger partial charge is 0.356 e. The number of carbonyl (C=O) groups excluding carboxylic acids is 1. The van der Waals surface area contributed by atoms with Crippen molar-refractivity contribution < 1.29 is 4.79 Å². The minimum absolute atomic E-state index is 0.209. The number of anilines is 1. The number of rotatable bonds is 4. The maximum Gasteiger partial charge on any atom is 0.269 e. The van der Waals surface area contributed by atoms with Gasteiger partial charge in [-0.15, -0.1) is 0 Å². The van der Waals surface area contributed by atoms with E-state index in [2.05, 4.69) is 20.2 Å². The van der Waals surface area contributed by atoms with Crippen LogP contribution in [0.5, 0.6) is 0 Å². The number of benzene rings is 1. The molecule has 0 radical (unpaired) electrons. The number of aromatic nitrogens is 2. The Morgan fingerprint density at radius 2 is 1.96 bits per heavy atom. The van der Waals surface area contributed by atoms with Crippen LogP contribution in [0.1, 0.15) is 35.3 Å². The van der Waals surface area contributed by atoms with Gasteiger partial charge in [0, 0.05) is 42.3 Å². The molecule has 0 saturated carbocycles. The molecule has 3 heterocycles. The van der Waals surface area contributed by atoms with Gasteiger partial charge in [0.1, 0.15) is 11.5 Å². The Kier molecular flexibility index (Phi) is 4.80. The first-order valence-electron chi connectivity index (χ1n) is 8.97. The summed E-state index contributed by atoms with van der Waals surface area (Å²) in [6, 6.07) is 11.6. The quantitative estimate of drug-likeness (QED) is 0.727. The van der Waals surface area contributed by atoms with Crippen molar-refractivity contribution in [2.45, 2.75) is 25.8 Å². The summed E-state index contributed by atoms with van der Waals surface area (Å²) < 4.78 is 0. The van der Waals surface area contributed by atoms with Crippen molar-refractivity contribution >= 4 is 34.2 Å². The predicted octanol–water partition coefficient (Wildman–Crippen LogP) is 4.14. The highest BCUT2D eigenvalue weighted by Gasteiger charge is 2.18. The average molecular weight is 369 g/mol. The molecule has 0 spiro atoms. The van der Waals surface area contributed by atoms with Crippen molar-refractivity contribution in [2.24, 2.45) is 0 Å². The number of piperidine rings is 1. The molecule has 0 atom stereocenters. The first-order chi connectivity index (χ1) is 12.7. The van der Waals surface area contributed by atoms with E-state index in [4.69, 9.17) is 11.6 Å². The molecule has 3 aromatic rings. The Morgan fingerprint density at radius 3 is 2.77 bits per heavy atom. The summed E-state index contributed by atoms with van der Waals surface area (Å²) in [5, 5.41) is 4.29. The molecule has 6 heteroatoms. The molecule has 0 aliphatic carbocycles. The van der Waals surface area contributed by atoms with Crippen LogP contribution < -0.4 is 10.2 Å². The third kappa shape index (κ3) is 3.27. The molecular formula is C20H21ClN4O. The van der Waals surface area contributed by atoms with E-state index in [1.807, 2.05) is 42.6 Å². The highest BCUT2D eigenvalue weighted by molar-refractivity contribution is 6.38. The fourth-order valence-corrected chi connectivity index (χ4v) is 3.78. The standard InChI is InChI=1S/C20H21ClN4O/c21-17-15-8-2-3-9-16(15)24-18(17)20(26)23-13-14-7-6-10-22-19(14)25-11-4-1-5-12-25/h2-3,6-10,24H,1,4-5,11-13H2,(H,23,26). The molecule has 1 aromatic carbocycles. The van der Waals surface area contributed by atoms with E-state index >= 15 is 0 Å². The Morgan fingerprint density at radius 1 is 1.15 bits per heavy atom. The lowest BCUT2D eigenvalue weighted by Crippen LogP contribution is -2.32. The summed E-state index contributed by atoms with van der Waals surface area (Å²) in [6.07, 6.45) is 5.46. The molecule has 2 N–H and O–H groups in total. The zero-order chi connectivity index (χ0) is 17.9. The van der Waals surface area contributed by atoms with Gasteiger partial charge >= 0.3 is 0 Å². The number of para-hydroxylation sites is 1. The minimum atomic E-state index is -0.209. The second kappa shape index (κ2) is 7.38. The molecule has 1 aliphatic heterocycles. The van der Waals surface area contributed by atoms with Gasteiger partial charge in [0.15, 0.2) is 0 Å². The maximum atomic E-state index is 12.6. The predicted molar refractivity (Wildman–Crippen MR) is 105 cm³/mol. The second-order valence-electron chi connectivity index (χ2n) is 6.58. The number of fused-ring (bicyclic) bond motifs is 1. The second-order valence-corrected chi connectivity index (χ2v) is 6.95. The highest BCUT2D eigenvalue weighted by Crippen LogP contribution is 2.27.